The monoisotopic (exact) mass is 287 g/mol. The molecule has 3 nitrogen and oxygen atoms in total. The highest BCUT2D eigenvalue weighted by atomic mass is 15.0. The molecule has 0 fully saturated rings. The summed E-state index contributed by atoms with van der Waals surface area (Å²) in [4.78, 5) is 8.89. The smallest absolute Gasteiger partial charge is 0.0645 e. The molecule has 3 aromatic heterocycles. The molecule has 3 heterocycles. The molecular weight excluding hydrogens is 270 g/mol. The van der Waals surface area contributed by atoms with Crippen molar-refractivity contribution in [3.05, 3.63) is 66.7 Å². The van der Waals surface area contributed by atoms with Gasteiger partial charge in [0.2, 0.25) is 0 Å². The Balaban J connectivity index is 2.04. The lowest BCUT2D eigenvalue weighted by molar-refractivity contribution is 0.821. The third kappa shape index (κ3) is 1.90. The standard InChI is InChI=1S/C19H17N3/c1-13(2)17-8-7-14(11-21-17)22-18-6-4-3-5-15(18)16-12-20-10-9-19(16)22/h3-13H,1-2H3. The fourth-order valence-corrected chi connectivity index (χ4v) is 2.97. The first-order chi connectivity index (χ1) is 10.8. The van der Waals surface area contributed by atoms with Crippen LogP contribution in [0, 0.1) is 0 Å². The van der Waals surface area contributed by atoms with E-state index in [0.717, 1.165) is 16.9 Å². The Kier molecular flexibility index (Phi) is 2.93. The van der Waals surface area contributed by atoms with E-state index in [1.54, 1.807) is 0 Å². The third-order valence-corrected chi connectivity index (χ3v) is 4.09. The minimum Gasteiger partial charge on any atom is -0.308 e. The van der Waals surface area contributed by atoms with E-state index in [-0.39, 0.29) is 0 Å². The summed E-state index contributed by atoms with van der Waals surface area (Å²) in [6, 6.07) is 14.7. The molecule has 22 heavy (non-hydrogen) atoms. The molecule has 0 amide bonds. The lowest BCUT2D eigenvalue weighted by atomic mass is 10.1. The van der Waals surface area contributed by atoms with E-state index < -0.39 is 0 Å². The number of nitrogens with zero attached hydrogens (tertiary/aromatic N) is 3. The number of benzene rings is 1. The molecule has 4 aromatic rings. The predicted octanol–water partition coefficient (Wildman–Crippen LogP) is 4.70. The molecule has 3 heteroatoms. The topological polar surface area (TPSA) is 30.7 Å². The van der Waals surface area contributed by atoms with Crippen LogP contribution < -0.4 is 0 Å². The number of para-hydroxylation sites is 1. The second-order valence-corrected chi connectivity index (χ2v) is 5.84. The highest BCUT2D eigenvalue weighted by molar-refractivity contribution is 6.08. The van der Waals surface area contributed by atoms with Crippen LogP contribution in [0.15, 0.2) is 61.1 Å². The Labute approximate surface area is 129 Å². The Morgan fingerprint density at radius 2 is 1.68 bits per heavy atom. The van der Waals surface area contributed by atoms with Gasteiger partial charge in [-0.25, -0.2) is 0 Å². The van der Waals surface area contributed by atoms with Gasteiger partial charge in [0.05, 0.1) is 22.9 Å². The van der Waals surface area contributed by atoms with Gasteiger partial charge in [0.1, 0.15) is 0 Å². The van der Waals surface area contributed by atoms with Crippen LogP contribution in [-0.4, -0.2) is 14.5 Å². The van der Waals surface area contributed by atoms with E-state index in [1.807, 2.05) is 18.6 Å². The van der Waals surface area contributed by atoms with Crippen molar-refractivity contribution in [3.8, 4) is 5.69 Å². The van der Waals surface area contributed by atoms with E-state index >= 15 is 0 Å². The molecule has 0 aliphatic heterocycles. The van der Waals surface area contributed by atoms with Crippen LogP contribution in [0.2, 0.25) is 0 Å². The maximum atomic E-state index is 4.61. The van der Waals surface area contributed by atoms with E-state index in [1.165, 1.54) is 16.3 Å². The second kappa shape index (κ2) is 4.95. The van der Waals surface area contributed by atoms with Gasteiger partial charge in [-0.2, -0.15) is 0 Å². The molecule has 108 valence electrons. The van der Waals surface area contributed by atoms with Crippen LogP contribution in [0.4, 0.5) is 0 Å². The zero-order valence-corrected chi connectivity index (χ0v) is 12.7. The number of hydrogen-bond acceptors (Lipinski definition) is 2. The largest absolute Gasteiger partial charge is 0.308 e. The van der Waals surface area contributed by atoms with Crippen molar-refractivity contribution in [1.82, 2.24) is 14.5 Å². The maximum Gasteiger partial charge on any atom is 0.0645 e. The summed E-state index contributed by atoms with van der Waals surface area (Å²) in [6.07, 6.45) is 5.74. The van der Waals surface area contributed by atoms with Gasteiger partial charge in [-0.3, -0.25) is 9.97 Å². The molecule has 1 aromatic carbocycles. The van der Waals surface area contributed by atoms with Gasteiger partial charge in [-0.05, 0) is 30.2 Å². The zero-order chi connectivity index (χ0) is 15.1. The number of rotatable bonds is 2. The van der Waals surface area contributed by atoms with Crippen molar-refractivity contribution in [1.29, 1.82) is 0 Å². The van der Waals surface area contributed by atoms with Crippen LogP contribution in [0.1, 0.15) is 25.5 Å². The van der Waals surface area contributed by atoms with Crippen LogP contribution >= 0.6 is 0 Å². The summed E-state index contributed by atoms with van der Waals surface area (Å²) in [5, 5.41) is 2.39. The minimum atomic E-state index is 0.441. The van der Waals surface area contributed by atoms with Crippen LogP contribution in [-0.2, 0) is 0 Å². The molecule has 0 saturated carbocycles. The number of hydrogen-bond donors (Lipinski definition) is 0. The fraction of sp³-hybridized carbons (Fsp3) is 0.158. The fourth-order valence-electron chi connectivity index (χ4n) is 2.97. The van der Waals surface area contributed by atoms with Gasteiger partial charge in [0.15, 0.2) is 0 Å². The van der Waals surface area contributed by atoms with Crippen LogP contribution in [0.3, 0.4) is 0 Å². The number of fused-ring (bicyclic) bond motifs is 3. The van der Waals surface area contributed by atoms with Crippen molar-refractivity contribution in [2.45, 2.75) is 19.8 Å². The van der Waals surface area contributed by atoms with Crippen molar-refractivity contribution in [3.63, 3.8) is 0 Å². The molecule has 0 atom stereocenters. The average molecular weight is 287 g/mol. The van der Waals surface area contributed by atoms with Gasteiger partial charge in [-0.15, -0.1) is 0 Å². The van der Waals surface area contributed by atoms with Crippen molar-refractivity contribution >= 4 is 21.8 Å². The van der Waals surface area contributed by atoms with Gasteiger partial charge < -0.3 is 4.57 Å². The zero-order valence-electron chi connectivity index (χ0n) is 12.7. The Hall–Kier alpha value is -2.68. The molecule has 4 rings (SSSR count). The molecular formula is C19H17N3. The van der Waals surface area contributed by atoms with Gasteiger partial charge in [-0.1, -0.05) is 32.0 Å². The normalized spacial score (nSPS) is 11.6. The molecule has 0 spiro atoms. The minimum absolute atomic E-state index is 0.441. The van der Waals surface area contributed by atoms with Crippen molar-refractivity contribution in [2.24, 2.45) is 0 Å². The van der Waals surface area contributed by atoms with Gasteiger partial charge in [0, 0.05) is 28.9 Å². The molecule has 0 aliphatic rings. The van der Waals surface area contributed by atoms with E-state index in [0.29, 0.717) is 5.92 Å². The SMILES string of the molecule is CC(C)c1ccc(-n2c3ccccc3c3cnccc32)cn1. The maximum absolute atomic E-state index is 4.61. The molecule has 0 N–H and O–H groups in total. The van der Waals surface area contributed by atoms with E-state index in [4.69, 9.17) is 0 Å². The molecule has 0 aliphatic carbocycles. The molecule has 0 bridgehead atoms. The second-order valence-electron chi connectivity index (χ2n) is 5.84. The molecule has 0 unspecified atom stereocenters. The van der Waals surface area contributed by atoms with Gasteiger partial charge in [0.25, 0.3) is 0 Å². The first kappa shape index (κ1) is 13.0. The van der Waals surface area contributed by atoms with E-state index in [2.05, 4.69) is 70.8 Å². The van der Waals surface area contributed by atoms with Crippen LogP contribution in [0.25, 0.3) is 27.5 Å². The predicted molar refractivity (Wildman–Crippen MR) is 90.5 cm³/mol. The Morgan fingerprint density at radius 3 is 2.45 bits per heavy atom. The Bertz CT molecular complexity index is 896. The van der Waals surface area contributed by atoms with Crippen molar-refractivity contribution in [2.75, 3.05) is 0 Å². The van der Waals surface area contributed by atoms with Crippen molar-refractivity contribution < 1.29 is 0 Å². The van der Waals surface area contributed by atoms with Gasteiger partial charge >= 0.3 is 0 Å². The summed E-state index contributed by atoms with van der Waals surface area (Å²) in [5.41, 5.74) is 4.55. The summed E-state index contributed by atoms with van der Waals surface area (Å²) in [5.74, 6) is 0.441. The lowest BCUT2D eigenvalue weighted by Crippen LogP contribution is -1.97. The molecule has 0 saturated heterocycles. The highest BCUT2D eigenvalue weighted by Crippen LogP contribution is 2.31. The Morgan fingerprint density at radius 1 is 0.864 bits per heavy atom. The summed E-state index contributed by atoms with van der Waals surface area (Å²) < 4.78 is 2.25. The quantitative estimate of drug-likeness (QED) is 0.535. The summed E-state index contributed by atoms with van der Waals surface area (Å²) in [7, 11) is 0. The van der Waals surface area contributed by atoms with E-state index in [9.17, 15) is 0 Å². The first-order valence-corrected chi connectivity index (χ1v) is 7.55. The summed E-state index contributed by atoms with van der Waals surface area (Å²) in [6.45, 7) is 4.32. The lowest BCUT2D eigenvalue weighted by Gasteiger charge is -2.09. The number of aromatic nitrogens is 3. The third-order valence-electron chi connectivity index (χ3n) is 4.09. The highest BCUT2D eigenvalue weighted by Gasteiger charge is 2.12. The number of pyridine rings is 2. The first-order valence-electron chi connectivity index (χ1n) is 7.55. The van der Waals surface area contributed by atoms with Crippen LogP contribution in [0.5, 0.6) is 0 Å². The summed E-state index contributed by atoms with van der Waals surface area (Å²) >= 11 is 0. The molecule has 0 radical (unpaired) electrons. The average Bonchev–Trinajstić information content (AvgIpc) is 2.89.